The second-order valence-electron chi connectivity index (χ2n) is 8.94. The number of hydrogen-bond donors (Lipinski definition) is 1. The number of fused-ring (bicyclic) bond motifs is 1. The molecule has 3 aliphatic heterocycles. The fraction of sp³-hybridized carbons (Fsp3) is 0.714. The zero-order valence-corrected chi connectivity index (χ0v) is 16.2. The minimum absolute atomic E-state index is 0.0855. The van der Waals surface area contributed by atoms with Gasteiger partial charge in [0.15, 0.2) is 17.6 Å². The standard InChI is InChI=1S/C21H27NO5/c1-12-10-13-11-14-20(23)4-5-21(25-8-9-26-21)18-19(20,6-7-22(14)2)15(13)17(27-18)16(12)24-3/h10,14,18,23H,4-9,11H2,1-3H3. The van der Waals surface area contributed by atoms with Crippen LogP contribution in [0.5, 0.6) is 11.5 Å². The third-order valence-electron chi connectivity index (χ3n) is 7.99. The number of aliphatic hydroxyl groups is 1. The van der Waals surface area contributed by atoms with Gasteiger partial charge in [0.1, 0.15) is 0 Å². The number of likely N-dealkylation sites (tertiary alicyclic amines) is 1. The van der Waals surface area contributed by atoms with Crippen LogP contribution in [0.3, 0.4) is 0 Å². The van der Waals surface area contributed by atoms with Gasteiger partial charge in [-0.3, -0.25) is 0 Å². The zero-order chi connectivity index (χ0) is 18.6. The molecular formula is C21H27NO5. The Morgan fingerprint density at radius 1 is 1.22 bits per heavy atom. The summed E-state index contributed by atoms with van der Waals surface area (Å²) in [4.78, 5) is 2.33. The maximum absolute atomic E-state index is 12.2. The first-order chi connectivity index (χ1) is 13.0. The molecule has 6 heteroatoms. The van der Waals surface area contributed by atoms with E-state index in [9.17, 15) is 5.11 Å². The van der Waals surface area contributed by atoms with E-state index in [1.54, 1.807) is 7.11 Å². The maximum Gasteiger partial charge on any atom is 0.207 e. The highest BCUT2D eigenvalue weighted by Gasteiger charge is 2.77. The van der Waals surface area contributed by atoms with Crippen molar-refractivity contribution in [2.75, 3.05) is 33.9 Å². The highest BCUT2D eigenvalue weighted by molar-refractivity contribution is 5.65. The van der Waals surface area contributed by atoms with Crippen molar-refractivity contribution in [3.8, 4) is 11.5 Å². The molecule has 0 amide bonds. The van der Waals surface area contributed by atoms with E-state index in [0.29, 0.717) is 26.1 Å². The van der Waals surface area contributed by atoms with Gasteiger partial charge < -0.3 is 29.0 Å². The number of rotatable bonds is 1. The van der Waals surface area contributed by atoms with Crippen molar-refractivity contribution in [3.63, 3.8) is 0 Å². The number of nitrogens with zero attached hydrogens (tertiary/aromatic N) is 1. The molecule has 27 heavy (non-hydrogen) atoms. The van der Waals surface area contributed by atoms with Gasteiger partial charge >= 0.3 is 0 Å². The lowest BCUT2D eigenvalue weighted by Gasteiger charge is -2.64. The lowest BCUT2D eigenvalue weighted by Crippen LogP contribution is -2.79. The molecule has 2 spiro atoms. The molecule has 6 rings (SSSR count). The fourth-order valence-corrected chi connectivity index (χ4v) is 6.94. The van der Waals surface area contributed by atoms with E-state index in [1.165, 1.54) is 5.56 Å². The normalized spacial score (nSPS) is 40.7. The monoisotopic (exact) mass is 373 g/mol. The van der Waals surface area contributed by atoms with Gasteiger partial charge in [0.2, 0.25) is 5.79 Å². The summed E-state index contributed by atoms with van der Waals surface area (Å²) in [5, 5.41) is 12.2. The van der Waals surface area contributed by atoms with Crippen LogP contribution in [0.4, 0.5) is 0 Å². The molecule has 0 radical (unpaired) electrons. The Morgan fingerprint density at radius 2 is 2.00 bits per heavy atom. The summed E-state index contributed by atoms with van der Waals surface area (Å²) in [5.41, 5.74) is 2.16. The number of piperidine rings is 1. The Morgan fingerprint density at radius 3 is 2.74 bits per heavy atom. The van der Waals surface area contributed by atoms with Crippen LogP contribution in [-0.4, -0.2) is 67.5 Å². The van der Waals surface area contributed by atoms with Gasteiger partial charge in [-0.25, -0.2) is 0 Å². The van der Waals surface area contributed by atoms with Crippen LogP contribution in [0, 0.1) is 6.92 Å². The van der Waals surface area contributed by atoms with Crippen molar-refractivity contribution >= 4 is 0 Å². The van der Waals surface area contributed by atoms with Crippen LogP contribution < -0.4 is 9.47 Å². The number of aryl methyl sites for hydroxylation is 1. The number of benzene rings is 1. The molecule has 3 fully saturated rings. The lowest BCUT2D eigenvalue weighted by atomic mass is 9.48. The number of hydrogen-bond acceptors (Lipinski definition) is 6. The largest absolute Gasteiger partial charge is 0.493 e. The Labute approximate surface area is 159 Å². The molecule has 2 saturated heterocycles. The molecule has 146 valence electrons. The van der Waals surface area contributed by atoms with Crippen molar-refractivity contribution in [2.45, 2.75) is 61.6 Å². The molecule has 2 aliphatic carbocycles. The first-order valence-electron chi connectivity index (χ1n) is 10.0. The lowest BCUT2D eigenvalue weighted by molar-refractivity contribution is -0.295. The zero-order valence-electron chi connectivity index (χ0n) is 16.2. The van der Waals surface area contributed by atoms with E-state index in [-0.39, 0.29) is 12.1 Å². The second kappa shape index (κ2) is 4.98. The summed E-state index contributed by atoms with van der Waals surface area (Å²) in [6, 6.07) is 2.32. The van der Waals surface area contributed by atoms with E-state index < -0.39 is 16.8 Å². The molecule has 5 aliphatic rings. The van der Waals surface area contributed by atoms with Crippen LogP contribution >= 0.6 is 0 Å². The molecule has 6 nitrogen and oxygen atoms in total. The molecule has 1 aromatic rings. The molecule has 4 atom stereocenters. The van der Waals surface area contributed by atoms with E-state index >= 15 is 0 Å². The number of likely N-dealkylation sites (N-methyl/N-ethyl adjacent to an activating group) is 1. The Hall–Kier alpha value is -1.34. The summed E-state index contributed by atoms with van der Waals surface area (Å²) in [5.74, 6) is 0.823. The molecule has 1 N–H and O–H groups in total. The molecule has 2 bridgehead atoms. The Kier molecular flexibility index (Phi) is 3.06. The summed E-state index contributed by atoms with van der Waals surface area (Å²) < 4.78 is 24.8. The minimum atomic E-state index is -0.844. The molecule has 1 saturated carbocycles. The van der Waals surface area contributed by atoms with Crippen LogP contribution in [0.25, 0.3) is 0 Å². The van der Waals surface area contributed by atoms with Crippen molar-refractivity contribution in [2.24, 2.45) is 0 Å². The Bertz CT molecular complexity index is 834. The van der Waals surface area contributed by atoms with Gasteiger partial charge in [0.05, 0.1) is 31.3 Å². The second-order valence-corrected chi connectivity index (χ2v) is 8.94. The van der Waals surface area contributed by atoms with Crippen molar-refractivity contribution in [1.82, 2.24) is 4.90 Å². The predicted molar refractivity (Wildman–Crippen MR) is 97.4 cm³/mol. The van der Waals surface area contributed by atoms with Crippen LogP contribution in [-0.2, 0) is 21.3 Å². The van der Waals surface area contributed by atoms with Gasteiger partial charge in [-0.2, -0.15) is 0 Å². The minimum Gasteiger partial charge on any atom is -0.493 e. The van der Waals surface area contributed by atoms with Gasteiger partial charge in [0.25, 0.3) is 0 Å². The van der Waals surface area contributed by atoms with E-state index in [4.69, 9.17) is 18.9 Å². The van der Waals surface area contributed by atoms with Gasteiger partial charge in [-0.15, -0.1) is 0 Å². The topological polar surface area (TPSA) is 60.4 Å². The van der Waals surface area contributed by atoms with E-state index in [0.717, 1.165) is 42.0 Å². The molecule has 4 unspecified atom stereocenters. The van der Waals surface area contributed by atoms with E-state index in [1.807, 2.05) is 0 Å². The molecule has 1 aromatic carbocycles. The third kappa shape index (κ3) is 1.65. The maximum atomic E-state index is 12.2. The molecule has 0 aromatic heterocycles. The highest BCUT2D eigenvalue weighted by Crippen LogP contribution is 2.68. The fourth-order valence-electron chi connectivity index (χ4n) is 6.94. The van der Waals surface area contributed by atoms with Crippen LogP contribution in [0.15, 0.2) is 6.07 Å². The van der Waals surface area contributed by atoms with Gasteiger partial charge in [-0.05, 0) is 50.9 Å². The van der Waals surface area contributed by atoms with E-state index in [2.05, 4.69) is 24.9 Å². The highest BCUT2D eigenvalue weighted by atomic mass is 16.8. The summed E-state index contributed by atoms with van der Waals surface area (Å²) in [7, 11) is 3.83. The third-order valence-corrected chi connectivity index (χ3v) is 7.99. The molecule has 3 heterocycles. The van der Waals surface area contributed by atoms with Crippen LogP contribution in [0.1, 0.15) is 36.0 Å². The Balaban J connectivity index is 1.67. The summed E-state index contributed by atoms with van der Waals surface area (Å²) >= 11 is 0. The van der Waals surface area contributed by atoms with Crippen molar-refractivity contribution in [1.29, 1.82) is 0 Å². The average molecular weight is 373 g/mol. The van der Waals surface area contributed by atoms with Gasteiger partial charge in [-0.1, -0.05) is 6.07 Å². The SMILES string of the molecule is COc1c(C)cc2c3c1OC1C4(CCC5(O)C(C2)N(C)CCC315)OCCO4. The van der Waals surface area contributed by atoms with Crippen LogP contribution in [0.2, 0.25) is 0 Å². The average Bonchev–Trinajstić information content (AvgIpc) is 3.24. The first-order valence-corrected chi connectivity index (χ1v) is 10.0. The summed E-state index contributed by atoms with van der Waals surface area (Å²) in [6.07, 6.45) is 2.66. The molecular weight excluding hydrogens is 346 g/mol. The number of methoxy groups -OCH3 is 1. The quantitative estimate of drug-likeness (QED) is 0.806. The summed E-state index contributed by atoms with van der Waals surface area (Å²) in [6.45, 7) is 4.16. The van der Waals surface area contributed by atoms with Crippen molar-refractivity contribution < 1.29 is 24.1 Å². The smallest absolute Gasteiger partial charge is 0.207 e. The van der Waals surface area contributed by atoms with Gasteiger partial charge in [0, 0.05) is 18.0 Å². The van der Waals surface area contributed by atoms with Crippen molar-refractivity contribution in [3.05, 3.63) is 22.8 Å². The predicted octanol–water partition coefficient (Wildman–Crippen LogP) is 1.53. The number of ether oxygens (including phenoxy) is 4. The first kappa shape index (κ1) is 16.6.